The normalized spacial score (nSPS) is 16.9. The molecule has 1 aromatic heterocycles. The summed E-state index contributed by atoms with van der Waals surface area (Å²) in [5.74, 6) is 1.64. The molecule has 5 aromatic rings. The van der Waals surface area contributed by atoms with Crippen LogP contribution in [0.4, 0.5) is 11.8 Å². The van der Waals surface area contributed by atoms with E-state index >= 15 is 0 Å². The summed E-state index contributed by atoms with van der Waals surface area (Å²) in [6.45, 7) is 0. The summed E-state index contributed by atoms with van der Waals surface area (Å²) in [6.07, 6.45) is 4.04. The largest absolute Gasteiger partial charge is 0.362 e. The van der Waals surface area contributed by atoms with Crippen LogP contribution >= 0.6 is 0 Å². The van der Waals surface area contributed by atoms with Crippen LogP contribution in [0.1, 0.15) is 48.8 Å². The van der Waals surface area contributed by atoms with Gasteiger partial charge in [-0.1, -0.05) is 103 Å². The van der Waals surface area contributed by atoms with Crippen molar-refractivity contribution in [3.05, 3.63) is 132 Å². The fraction of sp³-hybridized carbons (Fsp3) is 0.270. The molecular weight excluding hydrogens is 530 g/mol. The Kier molecular flexibility index (Phi) is 8.36. The van der Waals surface area contributed by atoms with Gasteiger partial charge in [-0.05, 0) is 54.5 Å². The van der Waals surface area contributed by atoms with Gasteiger partial charge >= 0.3 is 0 Å². The summed E-state index contributed by atoms with van der Waals surface area (Å²) >= 11 is 0. The van der Waals surface area contributed by atoms with E-state index in [1.54, 1.807) is 0 Å². The first-order chi connectivity index (χ1) is 21.0. The topological polar surface area (TPSA) is 70.2 Å². The van der Waals surface area contributed by atoms with Crippen molar-refractivity contribution in [2.24, 2.45) is 0 Å². The molecular formula is C37H39N5O. The third kappa shape index (κ3) is 6.09. The van der Waals surface area contributed by atoms with Gasteiger partial charge < -0.3 is 15.5 Å². The van der Waals surface area contributed by atoms with Crippen LogP contribution in [0.15, 0.2) is 115 Å². The minimum atomic E-state index is -0.593. The molecule has 2 N–H and O–H groups in total. The molecule has 0 bridgehead atoms. The average molecular weight is 570 g/mol. The predicted molar refractivity (Wildman–Crippen MR) is 175 cm³/mol. The van der Waals surface area contributed by atoms with E-state index in [-0.39, 0.29) is 18.0 Å². The SMILES string of the molecule is CN(C)c1nc(NC2CCC(NC(=O)CC(c3ccccc3)(c3ccccc3)c3ccccc3)CC2)nc2ccccc12. The van der Waals surface area contributed by atoms with Crippen molar-refractivity contribution in [2.75, 3.05) is 24.3 Å². The number of hydrogen-bond donors (Lipinski definition) is 2. The lowest BCUT2D eigenvalue weighted by Gasteiger charge is -2.36. The molecule has 6 heteroatoms. The third-order valence-electron chi connectivity index (χ3n) is 8.66. The van der Waals surface area contributed by atoms with Crippen LogP contribution in [0.5, 0.6) is 0 Å². The van der Waals surface area contributed by atoms with Crippen LogP contribution in [0.2, 0.25) is 0 Å². The standard InChI is InChI=1S/C37H39N5O/c1-42(2)35-32-20-12-13-21-33(32)40-36(41-35)39-31-24-22-30(23-25-31)38-34(43)26-37(27-14-6-3-7-15-27,28-16-8-4-9-17-28)29-18-10-5-11-19-29/h3-21,30-31H,22-26H2,1-2H3,(H,38,43)(H,39,40,41). The van der Waals surface area contributed by atoms with Crippen molar-refractivity contribution in [3.8, 4) is 0 Å². The van der Waals surface area contributed by atoms with Crippen LogP contribution in [-0.2, 0) is 10.2 Å². The molecule has 4 aromatic carbocycles. The zero-order chi connectivity index (χ0) is 29.6. The van der Waals surface area contributed by atoms with Crippen LogP contribution in [0, 0.1) is 0 Å². The molecule has 1 aliphatic carbocycles. The lowest BCUT2D eigenvalue weighted by Crippen LogP contribution is -2.43. The first kappa shape index (κ1) is 28.4. The van der Waals surface area contributed by atoms with E-state index in [9.17, 15) is 4.79 Å². The van der Waals surface area contributed by atoms with Gasteiger partial charge in [0.2, 0.25) is 11.9 Å². The number of nitrogens with one attached hydrogen (secondary N) is 2. The number of carbonyl (C=O) groups excluding carboxylic acids is 1. The Morgan fingerprint density at radius 3 is 1.72 bits per heavy atom. The number of para-hydroxylation sites is 1. The van der Waals surface area contributed by atoms with Gasteiger partial charge in [-0.15, -0.1) is 0 Å². The lowest BCUT2D eigenvalue weighted by atomic mass is 9.67. The minimum Gasteiger partial charge on any atom is -0.362 e. The van der Waals surface area contributed by atoms with E-state index in [1.807, 2.05) is 55.4 Å². The molecule has 1 amide bonds. The molecule has 1 saturated carbocycles. The van der Waals surface area contributed by atoms with Crippen molar-refractivity contribution < 1.29 is 4.79 Å². The number of hydrogen-bond acceptors (Lipinski definition) is 5. The number of nitrogens with zero attached hydrogens (tertiary/aromatic N) is 3. The van der Waals surface area contributed by atoms with E-state index in [1.165, 1.54) is 0 Å². The van der Waals surface area contributed by atoms with E-state index < -0.39 is 5.41 Å². The zero-order valence-electron chi connectivity index (χ0n) is 24.9. The number of carbonyl (C=O) groups is 1. The highest BCUT2D eigenvalue weighted by molar-refractivity contribution is 5.90. The van der Waals surface area contributed by atoms with Gasteiger partial charge in [0.05, 0.1) is 10.9 Å². The Morgan fingerprint density at radius 2 is 1.19 bits per heavy atom. The second-order valence-corrected chi connectivity index (χ2v) is 11.7. The van der Waals surface area contributed by atoms with Crippen LogP contribution in [-0.4, -0.2) is 42.1 Å². The van der Waals surface area contributed by atoms with E-state index in [2.05, 4.69) is 89.5 Å². The van der Waals surface area contributed by atoms with Crippen molar-refractivity contribution in [1.82, 2.24) is 15.3 Å². The van der Waals surface area contributed by atoms with Gasteiger partial charge in [0.1, 0.15) is 5.82 Å². The van der Waals surface area contributed by atoms with Gasteiger partial charge in [0, 0.05) is 38.0 Å². The Balaban J connectivity index is 1.17. The molecule has 1 fully saturated rings. The number of rotatable bonds is 9. The van der Waals surface area contributed by atoms with Gasteiger partial charge in [-0.2, -0.15) is 4.98 Å². The minimum absolute atomic E-state index is 0.0708. The quantitative estimate of drug-likeness (QED) is 0.188. The van der Waals surface area contributed by atoms with Crippen molar-refractivity contribution in [2.45, 2.75) is 49.6 Å². The van der Waals surface area contributed by atoms with Gasteiger partial charge in [-0.25, -0.2) is 4.98 Å². The van der Waals surface area contributed by atoms with Crippen LogP contribution in [0.3, 0.4) is 0 Å². The molecule has 1 heterocycles. The highest BCUT2D eigenvalue weighted by atomic mass is 16.1. The van der Waals surface area contributed by atoms with Crippen molar-refractivity contribution in [1.29, 1.82) is 0 Å². The Bertz CT molecular complexity index is 1550. The maximum absolute atomic E-state index is 13.9. The number of benzene rings is 4. The summed E-state index contributed by atoms with van der Waals surface area (Å²) in [6, 6.07) is 39.8. The van der Waals surface area contributed by atoms with Gasteiger partial charge in [-0.3, -0.25) is 4.79 Å². The van der Waals surface area contributed by atoms with Crippen molar-refractivity contribution >= 4 is 28.6 Å². The number of fused-ring (bicyclic) bond motifs is 1. The summed E-state index contributed by atoms with van der Waals surface area (Å²) in [7, 11) is 4.02. The maximum atomic E-state index is 13.9. The first-order valence-corrected chi connectivity index (χ1v) is 15.2. The summed E-state index contributed by atoms with van der Waals surface area (Å²) in [5.41, 5.74) is 3.68. The smallest absolute Gasteiger partial charge is 0.225 e. The fourth-order valence-corrected chi connectivity index (χ4v) is 6.52. The molecule has 0 atom stereocenters. The van der Waals surface area contributed by atoms with Crippen LogP contribution < -0.4 is 15.5 Å². The Morgan fingerprint density at radius 1 is 0.698 bits per heavy atom. The van der Waals surface area contributed by atoms with E-state index in [0.29, 0.717) is 12.4 Å². The fourth-order valence-electron chi connectivity index (χ4n) is 6.52. The van der Waals surface area contributed by atoms with E-state index in [4.69, 9.17) is 9.97 Å². The van der Waals surface area contributed by atoms with Crippen molar-refractivity contribution in [3.63, 3.8) is 0 Å². The highest BCUT2D eigenvalue weighted by Gasteiger charge is 2.39. The van der Waals surface area contributed by atoms with Gasteiger partial charge in [0.25, 0.3) is 0 Å². The first-order valence-electron chi connectivity index (χ1n) is 15.2. The monoisotopic (exact) mass is 569 g/mol. The summed E-state index contributed by atoms with van der Waals surface area (Å²) < 4.78 is 0. The second kappa shape index (κ2) is 12.7. The average Bonchev–Trinajstić information content (AvgIpc) is 3.05. The van der Waals surface area contributed by atoms with Crippen LogP contribution in [0.25, 0.3) is 10.9 Å². The number of aromatic nitrogens is 2. The molecule has 0 spiro atoms. The molecule has 1 aliphatic rings. The lowest BCUT2D eigenvalue weighted by molar-refractivity contribution is -0.122. The predicted octanol–water partition coefficient (Wildman–Crippen LogP) is 6.96. The molecule has 0 saturated heterocycles. The number of anilines is 2. The third-order valence-corrected chi connectivity index (χ3v) is 8.66. The molecule has 6 nitrogen and oxygen atoms in total. The molecule has 0 radical (unpaired) electrons. The highest BCUT2D eigenvalue weighted by Crippen LogP contribution is 2.42. The Hall–Kier alpha value is -4.71. The molecule has 43 heavy (non-hydrogen) atoms. The zero-order valence-corrected chi connectivity index (χ0v) is 24.9. The van der Waals surface area contributed by atoms with E-state index in [0.717, 1.165) is 59.1 Å². The molecule has 218 valence electrons. The summed E-state index contributed by atoms with van der Waals surface area (Å²) in [5, 5.41) is 8.04. The molecule has 0 unspecified atom stereocenters. The second-order valence-electron chi connectivity index (χ2n) is 11.7. The number of amides is 1. The summed E-state index contributed by atoms with van der Waals surface area (Å²) in [4.78, 5) is 25.5. The Labute approximate surface area is 254 Å². The molecule has 6 rings (SSSR count). The van der Waals surface area contributed by atoms with Gasteiger partial charge in [0.15, 0.2) is 0 Å². The maximum Gasteiger partial charge on any atom is 0.225 e. The molecule has 0 aliphatic heterocycles.